The zero-order chi connectivity index (χ0) is 37.6. The fourth-order valence-corrected chi connectivity index (χ4v) is 6.43. The molecule has 1 heteroatoms. The number of benzene rings is 8. The first-order valence-corrected chi connectivity index (χ1v) is 14.7. The molecule has 1 aromatic heterocycles. The van der Waals surface area contributed by atoms with E-state index in [1.165, 1.54) is 0 Å². The highest BCUT2D eigenvalue weighted by atomic mass is 16.3. The van der Waals surface area contributed by atoms with Crippen LogP contribution in [0.3, 0.4) is 0 Å². The van der Waals surface area contributed by atoms with Gasteiger partial charge in [-0.15, -0.1) is 0 Å². The molecule has 210 valence electrons. The van der Waals surface area contributed by atoms with Crippen LogP contribution in [0.2, 0.25) is 0 Å². The molecule has 0 unspecified atom stereocenters. The van der Waals surface area contributed by atoms with Gasteiger partial charge in [0.15, 0.2) is 0 Å². The summed E-state index contributed by atoms with van der Waals surface area (Å²) in [6.45, 7) is 0. The molecule has 0 aliphatic carbocycles. The van der Waals surface area contributed by atoms with Crippen molar-refractivity contribution in [2.24, 2.45) is 0 Å². The molecule has 0 fully saturated rings. The summed E-state index contributed by atoms with van der Waals surface area (Å²) in [7, 11) is 0. The van der Waals surface area contributed by atoms with Crippen molar-refractivity contribution in [2.75, 3.05) is 0 Å². The van der Waals surface area contributed by atoms with Crippen molar-refractivity contribution < 1.29 is 16.8 Å². The number of furan rings is 1. The van der Waals surface area contributed by atoms with Crippen molar-refractivity contribution in [3.05, 3.63) is 170 Å². The van der Waals surface area contributed by atoms with Crippen LogP contribution in [0.1, 0.15) is 12.3 Å². The molecule has 0 atom stereocenters. The quantitative estimate of drug-likeness (QED) is 0.188. The summed E-state index contributed by atoms with van der Waals surface area (Å²) in [4.78, 5) is 0. The van der Waals surface area contributed by atoms with Crippen LogP contribution in [0.4, 0.5) is 0 Å². The van der Waals surface area contributed by atoms with E-state index < -0.39 is 18.1 Å². The lowest BCUT2D eigenvalue weighted by atomic mass is 9.85. The van der Waals surface area contributed by atoms with Crippen LogP contribution in [-0.4, -0.2) is 0 Å². The van der Waals surface area contributed by atoms with Crippen LogP contribution in [0.5, 0.6) is 0 Å². The fraction of sp³-hybridized carbons (Fsp3) is 0. The molecule has 0 saturated carbocycles. The minimum absolute atomic E-state index is 0.0736. The Balaban J connectivity index is 1.30. The number of rotatable bonds is 4. The van der Waals surface area contributed by atoms with E-state index in [1.807, 2.05) is 91.0 Å². The van der Waals surface area contributed by atoms with Crippen LogP contribution >= 0.6 is 0 Å². The molecule has 9 rings (SSSR count). The Morgan fingerprint density at radius 2 is 0.956 bits per heavy atom. The third kappa shape index (κ3) is 4.17. The van der Waals surface area contributed by atoms with Gasteiger partial charge in [-0.05, 0) is 72.6 Å². The summed E-state index contributed by atoms with van der Waals surface area (Å²) in [6, 6.07) is 33.6. The van der Waals surface area contributed by atoms with E-state index in [0.717, 1.165) is 43.4 Å². The lowest BCUT2D eigenvalue weighted by Gasteiger charge is -2.18. The van der Waals surface area contributed by atoms with Gasteiger partial charge in [-0.3, -0.25) is 0 Å². The molecular weight excluding hydrogens is 544 g/mol. The first-order chi connectivity index (χ1) is 26.1. The third-order valence-corrected chi connectivity index (χ3v) is 8.43. The minimum atomic E-state index is -0.456. The molecule has 0 bridgehead atoms. The molecule has 8 aromatic carbocycles. The zero-order valence-corrected chi connectivity index (χ0v) is 23.9. The summed E-state index contributed by atoms with van der Waals surface area (Å²) >= 11 is 0. The van der Waals surface area contributed by atoms with Gasteiger partial charge in [0, 0.05) is 16.3 Å². The monoisotopic (exact) mass is 581 g/mol. The normalized spacial score (nSPS) is 14.4. The Kier molecular flexibility index (Phi) is 4.15. The van der Waals surface area contributed by atoms with Gasteiger partial charge in [-0.25, -0.2) is 0 Å². The van der Waals surface area contributed by atoms with Crippen LogP contribution in [-0.2, 0) is 0 Å². The highest BCUT2D eigenvalue weighted by molar-refractivity contribution is 6.22. The fourth-order valence-electron chi connectivity index (χ4n) is 6.43. The highest BCUT2D eigenvalue weighted by Crippen LogP contribution is 2.45. The second-order valence-corrected chi connectivity index (χ2v) is 11.0. The number of hydrogen-bond acceptors (Lipinski definition) is 1. The predicted octanol–water partition coefficient (Wildman–Crippen LogP) is 12.6. The molecule has 1 nitrogen and oxygen atoms in total. The summed E-state index contributed by atoms with van der Waals surface area (Å²) in [5, 5.41) is 4.79. The first-order valence-electron chi connectivity index (χ1n) is 19.2. The van der Waals surface area contributed by atoms with Gasteiger partial charge in [-0.2, -0.15) is 0 Å². The lowest BCUT2D eigenvalue weighted by molar-refractivity contribution is 0.670. The van der Waals surface area contributed by atoms with Gasteiger partial charge < -0.3 is 4.42 Å². The summed E-state index contributed by atoms with van der Waals surface area (Å²) in [6.07, 6.45) is 0. The maximum atomic E-state index is 9.25. The number of para-hydroxylation sites is 1. The largest absolute Gasteiger partial charge is 0.455 e. The molecule has 0 saturated heterocycles. The lowest BCUT2D eigenvalue weighted by Crippen LogP contribution is -1.91. The summed E-state index contributed by atoms with van der Waals surface area (Å²) in [5.41, 5.74) is 4.90. The average molecular weight is 582 g/mol. The molecular formula is C44H28O. The Morgan fingerprint density at radius 1 is 0.378 bits per heavy atom. The van der Waals surface area contributed by atoms with Gasteiger partial charge in [-0.1, -0.05) is 158 Å². The Hall–Kier alpha value is -5.92. The molecule has 0 radical (unpaired) electrons. The minimum Gasteiger partial charge on any atom is -0.455 e. The maximum absolute atomic E-state index is 9.25. The number of fused-ring (bicyclic) bond motifs is 5. The van der Waals surface area contributed by atoms with Crippen molar-refractivity contribution in [1.82, 2.24) is 0 Å². The van der Waals surface area contributed by atoms with Gasteiger partial charge in [0.05, 0.1) is 12.3 Å². The first kappa shape index (κ1) is 18.0. The molecule has 0 spiro atoms. The van der Waals surface area contributed by atoms with Crippen molar-refractivity contribution >= 4 is 43.5 Å². The van der Waals surface area contributed by atoms with Gasteiger partial charge >= 0.3 is 0 Å². The molecule has 0 N–H and O–H groups in total. The highest BCUT2D eigenvalue weighted by Gasteiger charge is 2.18. The maximum Gasteiger partial charge on any atom is 0.143 e. The van der Waals surface area contributed by atoms with Crippen molar-refractivity contribution in [3.8, 4) is 44.5 Å². The molecule has 0 aliphatic rings. The van der Waals surface area contributed by atoms with E-state index in [1.54, 1.807) is 24.3 Å². The van der Waals surface area contributed by atoms with E-state index in [4.69, 9.17) is 14.0 Å². The van der Waals surface area contributed by atoms with Crippen LogP contribution in [0.25, 0.3) is 88.0 Å². The topological polar surface area (TPSA) is 13.1 Å². The van der Waals surface area contributed by atoms with Gasteiger partial charge in [0.25, 0.3) is 0 Å². The standard InChI is InChI=1S/C44H28O/c1-3-12-29(13-4-1)30-22-24-32(25-23-30)42-36-16-7-9-18-38(36)43(39-19-10-8-17-37(39)42)33-26-27-35-40-21-11-20-34(31-14-5-2-6-15-31)44(40)45-41(35)28-33/h1-28H/i2D,5D,6D,14D,15D,22D,23D,24D,25D. The zero-order valence-electron chi connectivity index (χ0n) is 32.9. The summed E-state index contributed by atoms with van der Waals surface area (Å²) < 4.78 is 84.9. The van der Waals surface area contributed by atoms with Crippen LogP contribution in [0, 0.1) is 0 Å². The second-order valence-electron chi connectivity index (χ2n) is 11.0. The summed E-state index contributed by atoms with van der Waals surface area (Å²) in [5.74, 6) is 0. The molecule has 9 aromatic rings. The van der Waals surface area contributed by atoms with Gasteiger partial charge in [0.2, 0.25) is 0 Å². The van der Waals surface area contributed by atoms with E-state index in [9.17, 15) is 2.74 Å². The number of hydrogen-bond donors (Lipinski definition) is 0. The van der Waals surface area contributed by atoms with E-state index in [0.29, 0.717) is 27.9 Å². The Labute approximate surface area is 274 Å². The molecule has 1 heterocycles. The van der Waals surface area contributed by atoms with Crippen molar-refractivity contribution in [3.63, 3.8) is 0 Å². The van der Waals surface area contributed by atoms with Crippen molar-refractivity contribution in [1.29, 1.82) is 0 Å². The van der Waals surface area contributed by atoms with Crippen LogP contribution < -0.4 is 0 Å². The Bertz CT molecular complexity index is 2930. The van der Waals surface area contributed by atoms with E-state index in [2.05, 4.69) is 0 Å². The van der Waals surface area contributed by atoms with Gasteiger partial charge in [0.1, 0.15) is 11.2 Å². The second kappa shape index (κ2) is 10.4. The SMILES string of the molecule is [2H]c1c([2H])c([2H])c(-c2cccc3c2oc2cc(-c4c5ccccc5c(-c5c([2H])c([2H])c(-c6ccccc6)c([2H])c5[2H])c5ccccc45)ccc23)c([2H])c1[2H]. The smallest absolute Gasteiger partial charge is 0.143 e. The van der Waals surface area contributed by atoms with Crippen LogP contribution in [0.15, 0.2) is 174 Å². The average Bonchev–Trinajstić information content (AvgIpc) is 3.57. The van der Waals surface area contributed by atoms with Crippen molar-refractivity contribution in [2.45, 2.75) is 0 Å². The Morgan fingerprint density at radius 3 is 1.62 bits per heavy atom. The third-order valence-electron chi connectivity index (χ3n) is 8.43. The van der Waals surface area contributed by atoms with E-state index >= 15 is 0 Å². The molecule has 0 aliphatic heterocycles. The molecule has 45 heavy (non-hydrogen) atoms. The molecule has 0 amide bonds. The predicted molar refractivity (Wildman–Crippen MR) is 190 cm³/mol. The van der Waals surface area contributed by atoms with E-state index in [-0.39, 0.29) is 52.9 Å².